The van der Waals surface area contributed by atoms with Gasteiger partial charge in [0.1, 0.15) is 12.6 Å². The predicted molar refractivity (Wildman–Crippen MR) is 138 cm³/mol. The number of nitrogens with one attached hydrogen (secondary N) is 1. The van der Waals surface area contributed by atoms with Gasteiger partial charge in [0.2, 0.25) is 17.6 Å². The molecule has 0 aliphatic carbocycles. The van der Waals surface area contributed by atoms with Gasteiger partial charge in [0.05, 0.1) is 20.3 Å². The third kappa shape index (κ3) is 7.88. The van der Waals surface area contributed by atoms with Crippen molar-refractivity contribution in [2.45, 2.75) is 84.0 Å². The van der Waals surface area contributed by atoms with Crippen molar-refractivity contribution < 1.29 is 23.8 Å². The SMILES string of the molecule is CCCC[C@H](C(=O)NC(C)(C)C)N(C[C@H]1CCCO1)C(=O)Cn1nnc(-c2ccc(OC)c(OC)c2)n1. The quantitative estimate of drug-likeness (QED) is 0.457. The van der Waals surface area contributed by atoms with E-state index in [9.17, 15) is 9.59 Å². The summed E-state index contributed by atoms with van der Waals surface area (Å²) in [4.78, 5) is 29.9. The molecule has 0 bridgehead atoms. The van der Waals surface area contributed by atoms with Gasteiger partial charge in [0, 0.05) is 24.3 Å². The van der Waals surface area contributed by atoms with Gasteiger partial charge < -0.3 is 24.4 Å². The fourth-order valence-electron chi connectivity index (χ4n) is 4.30. The van der Waals surface area contributed by atoms with E-state index in [-0.39, 0.29) is 24.5 Å². The number of unbranched alkanes of at least 4 members (excludes halogenated alkanes) is 1. The van der Waals surface area contributed by atoms with Gasteiger partial charge in [0.25, 0.3) is 0 Å². The number of ether oxygens (including phenoxy) is 3. The van der Waals surface area contributed by atoms with Crippen molar-refractivity contribution in [1.29, 1.82) is 0 Å². The van der Waals surface area contributed by atoms with Gasteiger partial charge in [-0.15, -0.1) is 10.2 Å². The molecule has 2 atom stereocenters. The van der Waals surface area contributed by atoms with Crippen LogP contribution in [0.25, 0.3) is 11.4 Å². The molecule has 1 aromatic heterocycles. The van der Waals surface area contributed by atoms with E-state index in [1.807, 2.05) is 20.8 Å². The van der Waals surface area contributed by atoms with E-state index in [2.05, 4.69) is 27.7 Å². The Kier molecular flexibility index (Phi) is 9.85. The number of tetrazole rings is 1. The van der Waals surface area contributed by atoms with Crippen molar-refractivity contribution in [3.8, 4) is 22.9 Å². The van der Waals surface area contributed by atoms with E-state index in [0.29, 0.717) is 42.5 Å². The molecule has 11 heteroatoms. The summed E-state index contributed by atoms with van der Waals surface area (Å²) in [6.45, 7) is 8.75. The summed E-state index contributed by atoms with van der Waals surface area (Å²) >= 11 is 0. The van der Waals surface area contributed by atoms with Gasteiger partial charge in [-0.3, -0.25) is 9.59 Å². The van der Waals surface area contributed by atoms with Crippen molar-refractivity contribution in [3.05, 3.63) is 18.2 Å². The molecule has 204 valence electrons. The van der Waals surface area contributed by atoms with Gasteiger partial charge in [0.15, 0.2) is 11.5 Å². The first-order valence-corrected chi connectivity index (χ1v) is 12.9. The minimum absolute atomic E-state index is 0.0958. The number of hydrogen-bond acceptors (Lipinski definition) is 8. The molecule has 2 aromatic rings. The number of hydrogen-bond donors (Lipinski definition) is 1. The molecule has 0 saturated carbocycles. The zero-order valence-electron chi connectivity index (χ0n) is 22.8. The molecule has 37 heavy (non-hydrogen) atoms. The fraction of sp³-hybridized carbons (Fsp3) is 0.654. The molecule has 2 amide bonds. The van der Waals surface area contributed by atoms with Crippen LogP contribution >= 0.6 is 0 Å². The van der Waals surface area contributed by atoms with Crippen molar-refractivity contribution >= 4 is 11.8 Å². The average Bonchev–Trinajstić information content (AvgIpc) is 3.54. The Bertz CT molecular complexity index is 1040. The van der Waals surface area contributed by atoms with Crippen LogP contribution in [0.1, 0.15) is 59.8 Å². The summed E-state index contributed by atoms with van der Waals surface area (Å²) in [6.07, 6.45) is 4.01. The van der Waals surface area contributed by atoms with Crippen LogP contribution in [0.4, 0.5) is 0 Å². The molecular formula is C26H40N6O5. The third-order valence-electron chi connectivity index (χ3n) is 6.12. The maximum absolute atomic E-state index is 13.6. The molecule has 2 heterocycles. The smallest absolute Gasteiger partial charge is 0.247 e. The normalized spacial score (nSPS) is 16.3. The lowest BCUT2D eigenvalue weighted by Crippen LogP contribution is -2.56. The molecule has 1 fully saturated rings. The molecule has 0 spiro atoms. The van der Waals surface area contributed by atoms with E-state index in [0.717, 1.165) is 25.7 Å². The Hall–Kier alpha value is -3.21. The average molecular weight is 517 g/mol. The lowest BCUT2D eigenvalue weighted by atomic mass is 10.0. The summed E-state index contributed by atoms with van der Waals surface area (Å²) in [5.41, 5.74) is 0.264. The summed E-state index contributed by atoms with van der Waals surface area (Å²) in [7, 11) is 3.12. The lowest BCUT2D eigenvalue weighted by Gasteiger charge is -2.34. The van der Waals surface area contributed by atoms with Gasteiger partial charge in [-0.05, 0) is 63.4 Å². The monoisotopic (exact) mass is 516 g/mol. The molecule has 1 N–H and O–H groups in total. The van der Waals surface area contributed by atoms with Crippen LogP contribution in [-0.2, 0) is 20.9 Å². The van der Waals surface area contributed by atoms with Crippen molar-refractivity contribution in [2.24, 2.45) is 0 Å². The standard InChI is InChI=1S/C26H40N6O5/c1-7-8-11-20(25(34)27-26(2,3)4)31(16-19-10-9-14-37-19)23(33)17-32-29-24(28-30-32)18-12-13-21(35-5)22(15-18)36-6/h12-13,15,19-20H,7-11,14,16-17H2,1-6H3,(H,27,34)/t19-,20-/m1/s1. The predicted octanol–water partition coefficient (Wildman–Crippen LogP) is 2.84. The maximum atomic E-state index is 13.6. The Morgan fingerprint density at radius 3 is 2.62 bits per heavy atom. The van der Waals surface area contributed by atoms with Crippen molar-refractivity contribution in [1.82, 2.24) is 30.4 Å². The molecule has 0 radical (unpaired) electrons. The Balaban J connectivity index is 1.83. The van der Waals surface area contributed by atoms with E-state index >= 15 is 0 Å². The first-order chi connectivity index (χ1) is 17.6. The van der Waals surface area contributed by atoms with Crippen LogP contribution < -0.4 is 14.8 Å². The molecule has 3 rings (SSSR count). The second kappa shape index (κ2) is 12.8. The number of amides is 2. The van der Waals surface area contributed by atoms with Gasteiger partial charge in [-0.2, -0.15) is 4.80 Å². The van der Waals surface area contributed by atoms with E-state index in [4.69, 9.17) is 14.2 Å². The highest BCUT2D eigenvalue weighted by molar-refractivity contribution is 5.88. The Morgan fingerprint density at radius 2 is 2.00 bits per heavy atom. The molecule has 11 nitrogen and oxygen atoms in total. The van der Waals surface area contributed by atoms with Crippen LogP contribution in [0.2, 0.25) is 0 Å². The summed E-state index contributed by atoms with van der Waals surface area (Å²) in [5, 5.41) is 15.7. The fourth-order valence-corrected chi connectivity index (χ4v) is 4.30. The van der Waals surface area contributed by atoms with E-state index in [1.165, 1.54) is 4.80 Å². The highest BCUT2D eigenvalue weighted by Crippen LogP contribution is 2.30. The van der Waals surface area contributed by atoms with Gasteiger partial charge in [-0.1, -0.05) is 19.8 Å². The van der Waals surface area contributed by atoms with Crippen LogP contribution in [0.5, 0.6) is 11.5 Å². The zero-order chi connectivity index (χ0) is 27.0. The van der Waals surface area contributed by atoms with Gasteiger partial charge in [-0.25, -0.2) is 0 Å². The lowest BCUT2D eigenvalue weighted by molar-refractivity contribution is -0.144. The Labute approximate surface area is 218 Å². The molecular weight excluding hydrogens is 476 g/mol. The van der Waals surface area contributed by atoms with E-state index in [1.54, 1.807) is 37.3 Å². The number of nitrogens with zero attached hydrogens (tertiary/aromatic N) is 5. The second-order valence-electron chi connectivity index (χ2n) is 10.3. The number of benzene rings is 1. The second-order valence-corrected chi connectivity index (χ2v) is 10.3. The number of carbonyl (C=O) groups excluding carboxylic acids is 2. The largest absolute Gasteiger partial charge is 0.493 e. The number of carbonyl (C=O) groups is 2. The van der Waals surface area contributed by atoms with Crippen LogP contribution in [0.3, 0.4) is 0 Å². The minimum atomic E-state index is -0.607. The van der Waals surface area contributed by atoms with Crippen LogP contribution in [-0.4, -0.2) is 82.0 Å². The highest BCUT2D eigenvalue weighted by atomic mass is 16.5. The highest BCUT2D eigenvalue weighted by Gasteiger charge is 2.34. The summed E-state index contributed by atoms with van der Waals surface area (Å²) in [5.74, 6) is 1.07. The van der Waals surface area contributed by atoms with Crippen LogP contribution in [0.15, 0.2) is 18.2 Å². The topological polar surface area (TPSA) is 121 Å². The van der Waals surface area contributed by atoms with Gasteiger partial charge >= 0.3 is 0 Å². The molecule has 0 unspecified atom stereocenters. The first-order valence-electron chi connectivity index (χ1n) is 12.9. The zero-order valence-corrected chi connectivity index (χ0v) is 22.8. The molecule has 1 aliphatic heterocycles. The summed E-state index contributed by atoms with van der Waals surface area (Å²) in [6, 6.07) is 4.70. The van der Waals surface area contributed by atoms with Crippen molar-refractivity contribution in [2.75, 3.05) is 27.4 Å². The Morgan fingerprint density at radius 1 is 1.24 bits per heavy atom. The minimum Gasteiger partial charge on any atom is -0.493 e. The number of methoxy groups -OCH3 is 2. The number of rotatable bonds is 12. The molecule has 1 aromatic carbocycles. The van der Waals surface area contributed by atoms with Crippen LogP contribution in [0, 0.1) is 0 Å². The summed E-state index contributed by atoms with van der Waals surface area (Å²) < 4.78 is 16.5. The van der Waals surface area contributed by atoms with Crippen molar-refractivity contribution in [3.63, 3.8) is 0 Å². The molecule has 1 saturated heterocycles. The first kappa shape index (κ1) is 28.4. The van der Waals surface area contributed by atoms with E-state index < -0.39 is 11.6 Å². The molecule has 1 aliphatic rings. The maximum Gasteiger partial charge on any atom is 0.247 e. The number of aromatic nitrogens is 4. The third-order valence-corrected chi connectivity index (χ3v) is 6.12.